The number of nitrogens with zero attached hydrogens (tertiary/aromatic N) is 2. The van der Waals surface area contributed by atoms with E-state index in [4.69, 9.17) is 4.74 Å². The highest BCUT2D eigenvalue weighted by Crippen LogP contribution is 2.23. The lowest BCUT2D eigenvalue weighted by molar-refractivity contribution is 0.148. The first kappa shape index (κ1) is 17.3. The number of piperazine rings is 1. The maximum atomic E-state index is 12.3. The van der Waals surface area contributed by atoms with E-state index in [1.807, 2.05) is 48.5 Å². The lowest BCUT2D eigenvalue weighted by Gasteiger charge is -2.34. The Morgan fingerprint density at radius 1 is 1.24 bits per heavy atom. The van der Waals surface area contributed by atoms with Crippen LogP contribution in [-0.2, 0) is 11.3 Å². The van der Waals surface area contributed by atoms with Crippen LogP contribution in [0.25, 0.3) is 0 Å². The molecule has 0 aromatic heterocycles. The summed E-state index contributed by atoms with van der Waals surface area (Å²) < 4.78 is 5.41. The smallest absolute Gasteiger partial charge is 0.414 e. The predicted octanol–water partition coefficient (Wildman–Crippen LogP) is 3.26. The van der Waals surface area contributed by atoms with Crippen molar-refractivity contribution < 1.29 is 9.53 Å². The van der Waals surface area contributed by atoms with Crippen LogP contribution in [0.4, 0.5) is 16.2 Å². The topological polar surface area (TPSA) is 44.8 Å². The number of anilines is 2. The summed E-state index contributed by atoms with van der Waals surface area (Å²) in [5, 5.41) is 3.44. The molecule has 1 heterocycles. The monoisotopic (exact) mass is 339 g/mol. The van der Waals surface area contributed by atoms with E-state index in [1.54, 1.807) is 11.9 Å². The Morgan fingerprint density at radius 3 is 2.80 bits per heavy atom. The summed E-state index contributed by atoms with van der Waals surface area (Å²) in [4.78, 5) is 16.2. The lowest BCUT2D eigenvalue weighted by Crippen LogP contribution is -2.49. The zero-order chi connectivity index (χ0) is 17.6. The van der Waals surface area contributed by atoms with Crippen molar-refractivity contribution in [2.45, 2.75) is 19.6 Å². The van der Waals surface area contributed by atoms with Crippen LogP contribution in [0.3, 0.4) is 0 Å². The van der Waals surface area contributed by atoms with Crippen LogP contribution in [0.2, 0.25) is 0 Å². The Bertz CT molecular complexity index is 705. The first-order valence-corrected chi connectivity index (χ1v) is 8.66. The second-order valence-electron chi connectivity index (χ2n) is 6.42. The molecule has 1 atom stereocenters. The predicted molar refractivity (Wildman–Crippen MR) is 101 cm³/mol. The molecule has 0 saturated carbocycles. The third-order valence-electron chi connectivity index (χ3n) is 4.43. The van der Waals surface area contributed by atoms with Crippen molar-refractivity contribution in [3.8, 4) is 0 Å². The van der Waals surface area contributed by atoms with Crippen molar-refractivity contribution in [1.29, 1.82) is 0 Å². The molecular formula is C20H25N3O2. The van der Waals surface area contributed by atoms with Gasteiger partial charge >= 0.3 is 6.09 Å². The summed E-state index contributed by atoms with van der Waals surface area (Å²) in [6, 6.07) is 18.2. The second-order valence-corrected chi connectivity index (χ2v) is 6.42. The SMILES string of the molecule is C[C@@H]1CN(c2cccc(N(C)C(=O)OCc3ccccc3)c2)CCN1. The molecule has 0 unspecified atom stereocenters. The van der Waals surface area contributed by atoms with Crippen molar-refractivity contribution in [3.05, 3.63) is 60.2 Å². The first-order chi connectivity index (χ1) is 12.1. The minimum Gasteiger partial charge on any atom is -0.444 e. The van der Waals surface area contributed by atoms with Crippen molar-refractivity contribution in [2.24, 2.45) is 0 Å². The molecule has 0 bridgehead atoms. The Labute approximate surface area is 149 Å². The van der Waals surface area contributed by atoms with Crippen LogP contribution < -0.4 is 15.1 Å². The zero-order valence-electron chi connectivity index (χ0n) is 14.8. The molecule has 1 amide bonds. The second kappa shape index (κ2) is 8.03. The Hall–Kier alpha value is -2.53. The third-order valence-corrected chi connectivity index (χ3v) is 4.43. The van der Waals surface area contributed by atoms with Crippen molar-refractivity contribution in [3.63, 3.8) is 0 Å². The first-order valence-electron chi connectivity index (χ1n) is 8.66. The van der Waals surface area contributed by atoms with E-state index >= 15 is 0 Å². The number of carbonyl (C=O) groups is 1. The number of hydrogen-bond acceptors (Lipinski definition) is 4. The van der Waals surface area contributed by atoms with Crippen LogP contribution in [0.1, 0.15) is 12.5 Å². The molecule has 0 aliphatic carbocycles. The fraction of sp³-hybridized carbons (Fsp3) is 0.350. The van der Waals surface area contributed by atoms with Gasteiger partial charge in [0.15, 0.2) is 0 Å². The summed E-state index contributed by atoms with van der Waals surface area (Å²) in [5.41, 5.74) is 2.95. The Morgan fingerprint density at radius 2 is 2.04 bits per heavy atom. The molecular weight excluding hydrogens is 314 g/mol. The summed E-state index contributed by atoms with van der Waals surface area (Å²) in [7, 11) is 1.74. The number of benzene rings is 2. The molecule has 2 aromatic carbocycles. The average molecular weight is 339 g/mol. The summed E-state index contributed by atoms with van der Waals surface area (Å²) in [5.74, 6) is 0. The molecule has 3 rings (SSSR count). The van der Waals surface area contributed by atoms with E-state index in [1.165, 1.54) is 0 Å². The lowest BCUT2D eigenvalue weighted by atomic mass is 10.2. The van der Waals surface area contributed by atoms with Gasteiger partial charge in [-0.15, -0.1) is 0 Å². The van der Waals surface area contributed by atoms with Crippen LogP contribution in [0, 0.1) is 0 Å². The summed E-state index contributed by atoms with van der Waals surface area (Å²) >= 11 is 0. The van der Waals surface area contributed by atoms with Gasteiger partial charge in [-0.1, -0.05) is 36.4 Å². The molecule has 1 fully saturated rings. The van der Waals surface area contributed by atoms with Gasteiger partial charge in [0.05, 0.1) is 0 Å². The molecule has 0 spiro atoms. The minimum atomic E-state index is -0.352. The highest BCUT2D eigenvalue weighted by molar-refractivity contribution is 5.87. The fourth-order valence-corrected chi connectivity index (χ4v) is 2.99. The van der Waals surface area contributed by atoms with Gasteiger partial charge in [0.25, 0.3) is 0 Å². The van der Waals surface area contributed by atoms with Gasteiger partial charge in [-0.25, -0.2) is 4.79 Å². The van der Waals surface area contributed by atoms with Gasteiger partial charge in [0.2, 0.25) is 0 Å². The van der Waals surface area contributed by atoms with E-state index in [0.717, 1.165) is 36.6 Å². The quantitative estimate of drug-likeness (QED) is 0.929. The standard InChI is InChI=1S/C20H25N3O2/c1-16-14-23(12-11-21-16)19-10-6-9-18(13-19)22(2)20(24)25-15-17-7-4-3-5-8-17/h3-10,13,16,21H,11-12,14-15H2,1-2H3/t16-/m1/s1. The highest BCUT2D eigenvalue weighted by Gasteiger charge is 2.18. The highest BCUT2D eigenvalue weighted by atomic mass is 16.6. The van der Waals surface area contributed by atoms with E-state index < -0.39 is 0 Å². The number of nitrogens with one attached hydrogen (secondary N) is 1. The van der Waals surface area contributed by atoms with Crippen LogP contribution >= 0.6 is 0 Å². The van der Waals surface area contributed by atoms with Gasteiger partial charge < -0.3 is 15.0 Å². The molecule has 1 aliphatic rings. The molecule has 25 heavy (non-hydrogen) atoms. The minimum absolute atomic E-state index is 0.277. The van der Waals surface area contributed by atoms with E-state index in [2.05, 4.69) is 23.2 Å². The van der Waals surface area contributed by atoms with Gasteiger partial charge in [-0.05, 0) is 30.7 Å². The molecule has 1 N–H and O–H groups in total. The molecule has 5 nitrogen and oxygen atoms in total. The maximum absolute atomic E-state index is 12.3. The largest absolute Gasteiger partial charge is 0.444 e. The van der Waals surface area contributed by atoms with E-state index in [-0.39, 0.29) is 12.7 Å². The Kier molecular flexibility index (Phi) is 5.56. The van der Waals surface area contributed by atoms with E-state index in [9.17, 15) is 4.79 Å². The Balaban J connectivity index is 1.64. The molecule has 5 heteroatoms. The zero-order valence-corrected chi connectivity index (χ0v) is 14.8. The normalized spacial score (nSPS) is 17.2. The van der Waals surface area contributed by atoms with Gasteiger partial charge in [-0.3, -0.25) is 4.90 Å². The van der Waals surface area contributed by atoms with Crippen molar-refractivity contribution in [1.82, 2.24) is 5.32 Å². The van der Waals surface area contributed by atoms with Crippen molar-refractivity contribution >= 4 is 17.5 Å². The number of hydrogen-bond donors (Lipinski definition) is 1. The summed E-state index contributed by atoms with van der Waals surface area (Å²) in [6.45, 7) is 5.37. The molecule has 132 valence electrons. The maximum Gasteiger partial charge on any atom is 0.414 e. The molecule has 2 aromatic rings. The van der Waals surface area contributed by atoms with Gasteiger partial charge in [-0.2, -0.15) is 0 Å². The number of rotatable bonds is 4. The number of ether oxygens (including phenoxy) is 1. The fourth-order valence-electron chi connectivity index (χ4n) is 2.99. The van der Waals surface area contributed by atoms with Crippen LogP contribution in [-0.4, -0.2) is 38.8 Å². The average Bonchev–Trinajstić information content (AvgIpc) is 2.66. The van der Waals surface area contributed by atoms with E-state index in [0.29, 0.717) is 6.04 Å². The molecule has 1 saturated heterocycles. The van der Waals surface area contributed by atoms with Crippen LogP contribution in [0.5, 0.6) is 0 Å². The van der Waals surface area contributed by atoms with Crippen molar-refractivity contribution in [2.75, 3.05) is 36.5 Å². The third kappa shape index (κ3) is 4.51. The van der Waals surface area contributed by atoms with Crippen LogP contribution in [0.15, 0.2) is 54.6 Å². The van der Waals surface area contributed by atoms with Gasteiger partial charge in [0.1, 0.15) is 6.61 Å². The van der Waals surface area contributed by atoms with Gasteiger partial charge in [0, 0.05) is 44.1 Å². The number of amides is 1. The molecule has 1 aliphatic heterocycles. The number of carbonyl (C=O) groups excluding carboxylic acids is 1. The molecule has 0 radical (unpaired) electrons. The summed E-state index contributed by atoms with van der Waals surface area (Å²) in [6.07, 6.45) is -0.352.